The molecule has 0 saturated carbocycles. The van der Waals surface area contributed by atoms with Gasteiger partial charge >= 0.3 is 0 Å². The van der Waals surface area contributed by atoms with Crippen molar-refractivity contribution >= 4 is 22.7 Å². The quantitative estimate of drug-likeness (QED) is 0.752. The molecule has 0 bridgehead atoms. The SMILES string of the molecule is Cc1cc(C(=O)N2CCC(NC(=O)c3ccc[nH]3)CC2)c2ccccc2n1. The lowest BCUT2D eigenvalue weighted by Crippen LogP contribution is -2.46. The second-order valence-corrected chi connectivity index (χ2v) is 6.95. The fraction of sp³-hybridized carbons (Fsp3) is 0.286. The molecule has 0 atom stereocenters. The summed E-state index contributed by atoms with van der Waals surface area (Å²) in [5.41, 5.74) is 2.94. The van der Waals surface area contributed by atoms with E-state index in [0.29, 0.717) is 24.3 Å². The molecule has 0 aliphatic carbocycles. The molecule has 138 valence electrons. The van der Waals surface area contributed by atoms with Crippen LogP contribution in [0.2, 0.25) is 0 Å². The summed E-state index contributed by atoms with van der Waals surface area (Å²) in [6, 6.07) is 13.2. The van der Waals surface area contributed by atoms with Gasteiger partial charge in [-0.15, -0.1) is 0 Å². The largest absolute Gasteiger partial charge is 0.357 e. The van der Waals surface area contributed by atoms with Crippen molar-refractivity contribution < 1.29 is 9.59 Å². The number of likely N-dealkylation sites (tertiary alicyclic amines) is 1. The van der Waals surface area contributed by atoms with E-state index in [0.717, 1.165) is 29.4 Å². The highest BCUT2D eigenvalue weighted by Gasteiger charge is 2.26. The summed E-state index contributed by atoms with van der Waals surface area (Å²) >= 11 is 0. The van der Waals surface area contributed by atoms with Crippen LogP contribution < -0.4 is 5.32 Å². The Morgan fingerprint density at radius 1 is 1.15 bits per heavy atom. The maximum absolute atomic E-state index is 13.1. The van der Waals surface area contributed by atoms with Gasteiger partial charge in [0.05, 0.1) is 11.1 Å². The first kappa shape index (κ1) is 17.3. The minimum atomic E-state index is -0.0967. The van der Waals surface area contributed by atoms with E-state index in [1.54, 1.807) is 18.3 Å². The molecular weight excluding hydrogens is 340 g/mol. The third kappa shape index (κ3) is 3.56. The highest BCUT2D eigenvalue weighted by Crippen LogP contribution is 2.22. The zero-order chi connectivity index (χ0) is 18.8. The number of carbonyl (C=O) groups is 2. The standard InChI is InChI=1S/C21H22N4O2/c1-14-13-17(16-5-2-3-6-18(16)23-14)21(27)25-11-8-15(9-12-25)24-20(26)19-7-4-10-22-19/h2-7,10,13,15,22H,8-9,11-12H2,1H3,(H,24,26). The van der Waals surface area contributed by atoms with Crippen LogP contribution in [0.15, 0.2) is 48.7 Å². The lowest BCUT2D eigenvalue weighted by atomic mass is 10.0. The number of H-pyrrole nitrogens is 1. The molecule has 3 heterocycles. The smallest absolute Gasteiger partial charge is 0.267 e. The van der Waals surface area contributed by atoms with E-state index >= 15 is 0 Å². The summed E-state index contributed by atoms with van der Waals surface area (Å²) in [5.74, 6) is -0.0635. The van der Waals surface area contributed by atoms with Crippen molar-refractivity contribution in [2.45, 2.75) is 25.8 Å². The second-order valence-electron chi connectivity index (χ2n) is 6.95. The average Bonchev–Trinajstić information content (AvgIpc) is 3.22. The Balaban J connectivity index is 1.44. The fourth-order valence-corrected chi connectivity index (χ4v) is 3.62. The maximum atomic E-state index is 13.1. The van der Waals surface area contributed by atoms with Gasteiger partial charge in [0.25, 0.3) is 11.8 Å². The molecule has 1 aliphatic rings. The van der Waals surface area contributed by atoms with E-state index in [1.807, 2.05) is 42.2 Å². The van der Waals surface area contributed by atoms with Gasteiger partial charge < -0.3 is 15.2 Å². The van der Waals surface area contributed by atoms with E-state index in [1.165, 1.54) is 0 Å². The van der Waals surface area contributed by atoms with Crippen LogP contribution >= 0.6 is 0 Å². The number of para-hydroxylation sites is 1. The molecule has 0 unspecified atom stereocenters. The number of aryl methyl sites for hydroxylation is 1. The number of piperidine rings is 1. The molecule has 4 rings (SSSR count). The molecule has 2 N–H and O–H groups in total. The number of amides is 2. The van der Waals surface area contributed by atoms with Crippen molar-refractivity contribution in [3.63, 3.8) is 0 Å². The lowest BCUT2D eigenvalue weighted by molar-refractivity contribution is 0.0699. The number of rotatable bonds is 3. The van der Waals surface area contributed by atoms with Crippen LogP contribution in [-0.2, 0) is 0 Å². The topological polar surface area (TPSA) is 78.1 Å². The van der Waals surface area contributed by atoms with Crippen LogP contribution in [0.4, 0.5) is 0 Å². The Hall–Kier alpha value is -3.15. The first-order valence-electron chi connectivity index (χ1n) is 9.22. The van der Waals surface area contributed by atoms with Crippen molar-refractivity contribution in [3.05, 3.63) is 65.6 Å². The number of hydrogen-bond donors (Lipinski definition) is 2. The molecule has 6 heteroatoms. The molecule has 6 nitrogen and oxygen atoms in total. The van der Waals surface area contributed by atoms with Crippen molar-refractivity contribution in [2.75, 3.05) is 13.1 Å². The van der Waals surface area contributed by atoms with Crippen molar-refractivity contribution in [2.24, 2.45) is 0 Å². The number of pyridine rings is 1. The van der Waals surface area contributed by atoms with Gasteiger partial charge in [-0.25, -0.2) is 0 Å². The number of benzene rings is 1. The molecule has 0 spiro atoms. The van der Waals surface area contributed by atoms with Gasteiger partial charge in [-0.3, -0.25) is 14.6 Å². The molecular formula is C21H22N4O2. The summed E-state index contributed by atoms with van der Waals surface area (Å²) in [6.07, 6.45) is 3.23. The van der Waals surface area contributed by atoms with E-state index in [-0.39, 0.29) is 17.9 Å². The Morgan fingerprint density at radius 2 is 1.93 bits per heavy atom. The molecule has 2 aromatic heterocycles. The monoisotopic (exact) mass is 362 g/mol. The van der Waals surface area contributed by atoms with Crippen molar-refractivity contribution in [1.82, 2.24) is 20.2 Å². The number of hydrogen-bond acceptors (Lipinski definition) is 3. The Labute approximate surface area is 157 Å². The third-order valence-electron chi connectivity index (χ3n) is 5.03. The first-order valence-corrected chi connectivity index (χ1v) is 9.22. The summed E-state index contributed by atoms with van der Waals surface area (Å²) in [6.45, 7) is 3.17. The molecule has 1 aliphatic heterocycles. The molecule has 1 aromatic carbocycles. The van der Waals surface area contributed by atoms with Crippen LogP contribution in [-0.4, -0.2) is 45.8 Å². The fourth-order valence-electron chi connectivity index (χ4n) is 3.62. The number of nitrogens with one attached hydrogen (secondary N) is 2. The molecule has 1 saturated heterocycles. The van der Waals surface area contributed by atoms with Gasteiger partial charge in [-0.1, -0.05) is 18.2 Å². The zero-order valence-corrected chi connectivity index (χ0v) is 15.2. The molecule has 0 radical (unpaired) electrons. The predicted molar refractivity (Wildman–Crippen MR) is 104 cm³/mol. The van der Waals surface area contributed by atoms with Crippen LogP contribution in [0, 0.1) is 6.92 Å². The number of aromatic nitrogens is 2. The van der Waals surface area contributed by atoms with Crippen molar-refractivity contribution in [1.29, 1.82) is 0 Å². The van der Waals surface area contributed by atoms with Gasteiger partial charge in [0.15, 0.2) is 0 Å². The third-order valence-corrected chi connectivity index (χ3v) is 5.03. The van der Waals surface area contributed by atoms with Gasteiger partial charge in [-0.05, 0) is 44.0 Å². The Kier molecular flexibility index (Phi) is 4.62. The maximum Gasteiger partial charge on any atom is 0.267 e. The van der Waals surface area contributed by atoms with Gasteiger partial charge in [0.2, 0.25) is 0 Å². The van der Waals surface area contributed by atoms with Crippen molar-refractivity contribution in [3.8, 4) is 0 Å². The van der Waals surface area contributed by atoms with Gasteiger partial charge in [0.1, 0.15) is 5.69 Å². The van der Waals surface area contributed by atoms with E-state index < -0.39 is 0 Å². The second kappa shape index (κ2) is 7.23. The number of fused-ring (bicyclic) bond motifs is 1. The number of nitrogens with zero attached hydrogens (tertiary/aromatic N) is 2. The van der Waals surface area contributed by atoms with Crippen LogP contribution in [0.25, 0.3) is 10.9 Å². The minimum absolute atomic E-state index is 0.0332. The van der Waals surface area contributed by atoms with Gasteiger partial charge in [-0.2, -0.15) is 0 Å². The summed E-state index contributed by atoms with van der Waals surface area (Å²) in [7, 11) is 0. The number of carbonyl (C=O) groups excluding carboxylic acids is 2. The van der Waals surface area contributed by atoms with Crippen LogP contribution in [0.5, 0.6) is 0 Å². The van der Waals surface area contributed by atoms with E-state index in [2.05, 4.69) is 15.3 Å². The molecule has 2 amide bonds. The van der Waals surface area contributed by atoms with E-state index in [9.17, 15) is 9.59 Å². The normalized spacial score (nSPS) is 15.1. The summed E-state index contributed by atoms with van der Waals surface area (Å²) in [4.78, 5) is 34.6. The summed E-state index contributed by atoms with van der Waals surface area (Å²) < 4.78 is 0. The van der Waals surface area contributed by atoms with Crippen LogP contribution in [0.3, 0.4) is 0 Å². The Bertz CT molecular complexity index is 973. The lowest BCUT2D eigenvalue weighted by Gasteiger charge is -2.32. The predicted octanol–water partition coefficient (Wildman–Crippen LogP) is 2.91. The van der Waals surface area contributed by atoms with E-state index in [4.69, 9.17) is 0 Å². The summed E-state index contributed by atoms with van der Waals surface area (Å²) in [5, 5.41) is 3.93. The number of aromatic amines is 1. The Morgan fingerprint density at radius 3 is 2.67 bits per heavy atom. The van der Waals surface area contributed by atoms with Crippen LogP contribution in [0.1, 0.15) is 39.4 Å². The highest BCUT2D eigenvalue weighted by molar-refractivity contribution is 6.06. The van der Waals surface area contributed by atoms with Gasteiger partial charge in [0, 0.05) is 36.4 Å². The molecule has 27 heavy (non-hydrogen) atoms. The molecule has 1 fully saturated rings. The average molecular weight is 362 g/mol. The first-order chi connectivity index (χ1) is 13.1. The zero-order valence-electron chi connectivity index (χ0n) is 15.2. The highest BCUT2D eigenvalue weighted by atomic mass is 16.2. The minimum Gasteiger partial charge on any atom is -0.357 e. The molecule has 3 aromatic rings.